The molecule has 5 rings (SSSR count). The smallest absolute Gasteiger partial charge is 0.307 e. The van der Waals surface area contributed by atoms with Crippen molar-refractivity contribution in [3.8, 4) is 11.3 Å². The number of hydrogen-bond acceptors (Lipinski definition) is 4. The summed E-state index contributed by atoms with van der Waals surface area (Å²) in [6.07, 6.45) is 3.62. The van der Waals surface area contributed by atoms with Crippen LogP contribution in [0.1, 0.15) is 30.5 Å². The van der Waals surface area contributed by atoms with Crippen LogP contribution in [0.3, 0.4) is 0 Å². The maximum Gasteiger partial charge on any atom is 0.307 e. The zero-order valence-electron chi connectivity index (χ0n) is 13.5. The molecule has 3 aliphatic heterocycles. The molecular weight excluding hydrogens is 309 g/mol. The lowest BCUT2D eigenvalue weighted by molar-refractivity contribution is 0.0210. The third kappa shape index (κ3) is 2.60. The second-order valence-corrected chi connectivity index (χ2v) is 6.62. The van der Waals surface area contributed by atoms with Gasteiger partial charge in [-0.2, -0.15) is 0 Å². The van der Waals surface area contributed by atoms with E-state index >= 15 is 0 Å². The number of oxazole rings is 1. The molecule has 0 aliphatic carbocycles. The SMILES string of the molecule is CC1C(NC(=O)c2ncc(-c3ccccc3F)o2)C2CCN1CC2. The molecule has 5 nitrogen and oxygen atoms in total. The number of fused-ring (bicyclic) bond motifs is 3. The topological polar surface area (TPSA) is 58.4 Å². The highest BCUT2D eigenvalue weighted by Crippen LogP contribution is 2.32. The van der Waals surface area contributed by atoms with Crippen LogP contribution in [0, 0.1) is 11.7 Å². The minimum absolute atomic E-state index is 0.0168. The van der Waals surface area contributed by atoms with Gasteiger partial charge in [-0.05, 0) is 50.9 Å². The molecule has 1 aromatic carbocycles. The highest BCUT2D eigenvalue weighted by Gasteiger charge is 2.40. The summed E-state index contributed by atoms with van der Waals surface area (Å²) in [6, 6.07) is 6.72. The van der Waals surface area contributed by atoms with Crippen molar-refractivity contribution in [2.75, 3.05) is 13.1 Å². The molecule has 1 aromatic heterocycles. The number of carbonyl (C=O) groups excluding carboxylic acids is 1. The lowest BCUT2D eigenvalue weighted by Gasteiger charge is -2.49. The van der Waals surface area contributed by atoms with Gasteiger partial charge in [0.1, 0.15) is 5.82 Å². The molecule has 2 bridgehead atoms. The normalized spacial score (nSPS) is 28.8. The van der Waals surface area contributed by atoms with Crippen molar-refractivity contribution in [1.29, 1.82) is 0 Å². The number of benzene rings is 1. The van der Waals surface area contributed by atoms with E-state index in [9.17, 15) is 9.18 Å². The number of amides is 1. The average Bonchev–Trinajstić information content (AvgIpc) is 3.09. The fourth-order valence-electron chi connectivity index (χ4n) is 3.92. The molecule has 2 unspecified atom stereocenters. The molecule has 6 heteroatoms. The van der Waals surface area contributed by atoms with Crippen LogP contribution in [0.15, 0.2) is 34.9 Å². The van der Waals surface area contributed by atoms with Gasteiger partial charge in [-0.25, -0.2) is 9.37 Å². The highest BCUT2D eigenvalue weighted by molar-refractivity contribution is 5.90. The number of piperidine rings is 3. The van der Waals surface area contributed by atoms with Crippen molar-refractivity contribution in [1.82, 2.24) is 15.2 Å². The monoisotopic (exact) mass is 329 g/mol. The number of hydrogen-bond donors (Lipinski definition) is 1. The number of rotatable bonds is 3. The lowest BCUT2D eigenvalue weighted by Crippen LogP contribution is -2.62. The van der Waals surface area contributed by atoms with Crippen LogP contribution in [0.2, 0.25) is 0 Å². The fraction of sp³-hybridized carbons (Fsp3) is 0.444. The molecule has 24 heavy (non-hydrogen) atoms. The lowest BCUT2D eigenvalue weighted by atomic mass is 9.79. The molecule has 2 aromatic rings. The average molecular weight is 329 g/mol. The maximum absolute atomic E-state index is 13.8. The second kappa shape index (κ2) is 6.02. The van der Waals surface area contributed by atoms with Gasteiger partial charge in [0, 0.05) is 12.1 Å². The Labute approximate surface area is 139 Å². The first-order valence-corrected chi connectivity index (χ1v) is 8.39. The van der Waals surface area contributed by atoms with Gasteiger partial charge in [-0.1, -0.05) is 12.1 Å². The van der Waals surface area contributed by atoms with Crippen LogP contribution >= 0.6 is 0 Å². The Kier molecular flexibility index (Phi) is 3.84. The summed E-state index contributed by atoms with van der Waals surface area (Å²) in [5.74, 6) is 0.0295. The largest absolute Gasteiger partial charge is 0.432 e. The Hall–Kier alpha value is -2.21. The second-order valence-electron chi connectivity index (χ2n) is 6.62. The molecule has 126 valence electrons. The minimum Gasteiger partial charge on any atom is -0.432 e. The van der Waals surface area contributed by atoms with Crippen LogP contribution < -0.4 is 5.32 Å². The summed E-state index contributed by atoms with van der Waals surface area (Å²) >= 11 is 0. The Morgan fingerprint density at radius 1 is 1.33 bits per heavy atom. The van der Waals surface area contributed by atoms with E-state index in [4.69, 9.17) is 4.42 Å². The van der Waals surface area contributed by atoms with Crippen molar-refractivity contribution in [3.05, 3.63) is 42.2 Å². The molecule has 0 spiro atoms. The van der Waals surface area contributed by atoms with Crippen LogP contribution in [0.5, 0.6) is 0 Å². The highest BCUT2D eigenvalue weighted by atomic mass is 19.1. The Morgan fingerprint density at radius 3 is 2.79 bits per heavy atom. The fourth-order valence-corrected chi connectivity index (χ4v) is 3.92. The minimum atomic E-state index is -0.397. The van der Waals surface area contributed by atoms with Gasteiger partial charge in [0.2, 0.25) is 0 Å². The van der Waals surface area contributed by atoms with Crippen molar-refractivity contribution in [3.63, 3.8) is 0 Å². The van der Waals surface area contributed by atoms with Gasteiger partial charge in [-0.3, -0.25) is 9.69 Å². The summed E-state index contributed by atoms with van der Waals surface area (Å²) in [5.41, 5.74) is 0.306. The zero-order chi connectivity index (χ0) is 16.7. The van der Waals surface area contributed by atoms with Gasteiger partial charge >= 0.3 is 5.91 Å². The first kappa shape index (κ1) is 15.3. The molecule has 2 atom stereocenters. The number of aromatic nitrogens is 1. The van der Waals surface area contributed by atoms with E-state index in [0.717, 1.165) is 25.9 Å². The third-order valence-corrected chi connectivity index (χ3v) is 5.31. The van der Waals surface area contributed by atoms with Crippen LogP contribution in [0.4, 0.5) is 4.39 Å². The molecule has 3 fully saturated rings. The predicted molar refractivity (Wildman–Crippen MR) is 86.9 cm³/mol. The van der Waals surface area contributed by atoms with E-state index < -0.39 is 5.82 Å². The molecular formula is C18H20FN3O2. The number of nitrogens with zero attached hydrogens (tertiary/aromatic N) is 2. The molecule has 0 radical (unpaired) electrons. The predicted octanol–water partition coefficient (Wildman–Crippen LogP) is 2.69. The third-order valence-electron chi connectivity index (χ3n) is 5.31. The molecule has 0 saturated carbocycles. The van der Waals surface area contributed by atoms with Gasteiger partial charge in [0.15, 0.2) is 5.76 Å². The van der Waals surface area contributed by atoms with Gasteiger partial charge < -0.3 is 9.73 Å². The summed E-state index contributed by atoms with van der Waals surface area (Å²) in [6.45, 7) is 4.36. The zero-order valence-corrected chi connectivity index (χ0v) is 13.5. The van der Waals surface area contributed by atoms with E-state index in [-0.39, 0.29) is 23.6 Å². The van der Waals surface area contributed by atoms with Crippen LogP contribution in [0.25, 0.3) is 11.3 Å². The van der Waals surface area contributed by atoms with E-state index in [1.54, 1.807) is 18.2 Å². The Bertz CT molecular complexity index is 750. The van der Waals surface area contributed by atoms with Gasteiger partial charge in [0.25, 0.3) is 5.89 Å². The molecule has 1 N–H and O–H groups in total. The summed E-state index contributed by atoms with van der Waals surface area (Å²) < 4.78 is 19.3. The molecule has 3 saturated heterocycles. The molecule has 4 heterocycles. The standard InChI is InChI=1S/C18H20FN3O2/c1-11-16(12-6-8-22(11)9-7-12)21-17(23)18-20-10-15(24-18)13-4-2-3-5-14(13)19/h2-5,10-12,16H,6-9H2,1H3,(H,21,23). The van der Waals surface area contributed by atoms with Gasteiger partial charge in [-0.15, -0.1) is 0 Å². The van der Waals surface area contributed by atoms with E-state index in [1.807, 2.05) is 0 Å². The summed E-state index contributed by atoms with van der Waals surface area (Å²) in [4.78, 5) is 18.9. The van der Waals surface area contributed by atoms with Crippen molar-refractivity contribution < 1.29 is 13.6 Å². The van der Waals surface area contributed by atoms with E-state index in [2.05, 4.69) is 22.1 Å². The first-order chi connectivity index (χ1) is 11.6. The number of carbonyl (C=O) groups is 1. The van der Waals surface area contributed by atoms with Crippen molar-refractivity contribution >= 4 is 5.91 Å². The van der Waals surface area contributed by atoms with E-state index in [0.29, 0.717) is 17.5 Å². The summed E-state index contributed by atoms with van der Waals surface area (Å²) in [5, 5.41) is 3.07. The van der Waals surface area contributed by atoms with E-state index in [1.165, 1.54) is 12.3 Å². The number of nitrogens with one attached hydrogen (secondary N) is 1. The molecule has 1 amide bonds. The Morgan fingerprint density at radius 2 is 2.08 bits per heavy atom. The maximum atomic E-state index is 13.8. The Balaban J connectivity index is 1.51. The van der Waals surface area contributed by atoms with Crippen LogP contribution in [-0.2, 0) is 0 Å². The van der Waals surface area contributed by atoms with Gasteiger partial charge in [0.05, 0.1) is 11.8 Å². The van der Waals surface area contributed by atoms with Crippen molar-refractivity contribution in [2.24, 2.45) is 5.92 Å². The first-order valence-electron chi connectivity index (χ1n) is 8.39. The number of halogens is 1. The van der Waals surface area contributed by atoms with Crippen LogP contribution in [-0.4, -0.2) is 41.0 Å². The summed E-state index contributed by atoms with van der Waals surface area (Å²) in [7, 11) is 0. The molecule has 3 aliphatic rings. The quantitative estimate of drug-likeness (QED) is 0.941. The van der Waals surface area contributed by atoms with Crippen molar-refractivity contribution in [2.45, 2.75) is 31.8 Å².